The molecule has 0 atom stereocenters. The van der Waals surface area contributed by atoms with Crippen LogP contribution in [0, 0.1) is 27.3 Å². The van der Waals surface area contributed by atoms with Gasteiger partial charge in [-0.2, -0.15) is 0 Å². The van der Waals surface area contributed by atoms with Crippen LogP contribution < -0.4 is 10.1 Å². The maximum atomic E-state index is 13.9. The molecule has 1 aromatic carbocycles. The summed E-state index contributed by atoms with van der Waals surface area (Å²) in [4.78, 5) is 10.2. The summed E-state index contributed by atoms with van der Waals surface area (Å²) in [6.07, 6.45) is 4.92. The number of benzene rings is 1. The Hall–Kier alpha value is -1.85. The van der Waals surface area contributed by atoms with Gasteiger partial charge in [0.25, 0.3) is 0 Å². The number of rotatable bonds is 6. The number of ether oxygens (including phenoxy) is 1. The van der Waals surface area contributed by atoms with Gasteiger partial charge in [0.1, 0.15) is 0 Å². The fourth-order valence-electron chi connectivity index (χ4n) is 2.84. The molecule has 2 saturated carbocycles. The van der Waals surface area contributed by atoms with Gasteiger partial charge in [-0.3, -0.25) is 10.1 Å². The third-order valence-electron chi connectivity index (χ3n) is 4.43. The third-order valence-corrected chi connectivity index (χ3v) is 4.43. The molecule has 0 spiro atoms. The van der Waals surface area contributed by atoms with Crippen LogP contribution in [0.1, 0.15) is 25.7 Å². The van der Waals surface area contributed by atoms with Crippen LogP contribution in [0.15, 0.2) is 12.1 Å². The van der Waals surface area contributed by atoms with Crippen molar-refractivity contribution in [3.8, 4) is 5.75 Å². The molecule has 5 nitrogen and oxygen atoms in total. The Kier molecular flexibility index (Phi) is 3.03. The van der Waals surface area contributed by atoms with Crippen molar-refractivity contribution in [3.05, 3.63) is 28.1 Å². The maximum Gasteiger partial charge on any atom is 0.313 e. The van der Waals surface area contributed by atoms with Crippen LogP contribution in [-0.4, -0.2) is 18.6 Å². The highest BCUT2D eigenvalue weighted by Crippen LogP contribution is 2.61. The van der Waals surface area contributed by atoms with Crippen LogP contribution in [0.5, 0.6) is 5.75 Å². The van der Waals surface area contributed by atoms with Gasteiger partial charge in [-0.25, -0.2) is 4.39 Å². The van der Waals surface area contributed by atoms with Gasteiger partial charge in [0.15, 0.2) is 11.6 Å². The molecule has 2 aliphatic rings. The quantitative estimate of drug-likeness (QED) is 0.641. The number of anilines is 1. The molecule has 0 aromatic heterocycles. The lowest BCUT2D eigenvalue weighted by Gasteiger charge is -2.16. The van der Waals surface area contributed by atoms with E-state index in [9.17, 15) is 14.5 Å². The summed E-state index contributed by atoms with van der Waals surface area (Å²) >= 11 is 0. The van der Waals surface area contributed by atoms with Crippen molar-refractivity contribution < 1.29 is 14.1 Å². The van der Waals surface area contributed by atoms with E-state index < -0.39 is 10.7 Å². The number of nitro groups is 1. The van der Waals surface area contributed by atoms with Crippen LogP contribution in [0.25, 0.3) is 0 Å². The van der Waals surface area contributed by atoms with Gasteiger partial charge in [-0.1, -0.05) is 0 Å². The first-order valence-corrected chi connectivity index (χ1v) is 6.81. The Labute approximate surface area is 116 Å². The molecule has 0 radical (unpaired) electrons. The van der Waals surface area contributed by atoms with Crippen molar-refractivity contribution in [1.82, 2.24) is 0 Å². The van der Waals surface area contributed by atoms with Gasteiger partial charge in [0, 0.05) is 12.6 Å². The van der Waals surface area contributed by atoms with E-state index in [0.717, 1.165) is 18.5 Å². The van der Waals surface area contributed by atoms with Gasteiger partial charge >= 0.3 is 5.69 Å². The highest BCUT2D eigenvalue weighted by atomic mass is 19.1. The van der Waals surface area contributed by atoms with Crippen molar-refractivity contribution in [2.24, 2.45) is 11.3 Å². The second kappa shape index (κ2) is 4.61. The summed E-state index contributed by atoms with van der Waals surface area (Å²) in [6, 6.07) is 2.29. The minimum atomic E-state index is -0.641. The highest BCUT2D eigenvalue weighted by molar-refractivity contribution is 5.59. The fourth-order valence-corrected chi connectivity index (χ4v) is 2.84. The van der Waals surface area contributed by atoms with Crippen LogP contribution in [0.3, 0.4) is 0 Å². The summed E-state index contributed by atoms with van der Waals surface area (Å²) in [7, 11) is 1.34. The minimum Gasteiger partial charge on any atom is -0.490 e. The molecule has 2 aliphatic carbocycles. The molecule has 1 N–H and O–H groups in total. The average Bonchev–Trinajstić information content (AvgIpc) is 3.27. The predicted octanol–water partition coefficient (Wildman–Crippen LogP) is 3.34. The number of nitrogens with one attached hydrogen (secondary N) is 1. The molecule has 0 unspecified atom stereocenters. The number of hydrogen-bond donors (Lipinski definition) is 1. The zero-order chi connectivity index (χ0) is 14.3. The Balaban J connectivity index is 1.77. The molecule has 3 rings (SSSR count). The maximum absolute atomic E-state index is 13.9. The number of nitrogens with zero attached hydrogens (tertiary/aromatic N) is 1. The molecular formula is C14H17FN2O3. The second-order valence-electron chi connectivity index (χ2n) is 5.75. The summed E-state index contributed by atoms with van der Waals surface area (Å²) in [5.74, 6) is 0.247. The normalized spacial score (nSPS) is 19.5. The van der Waals surface area contributed by atoms with Crippen molar-refractivity contribution in [2.75, 3.05) is 19.0 Å². The van der Waals surface area contributed by atoms with E-state index in [2.05, 4.69) is 5.32 Å². The van der Waals surface area contributed by atoms with E-state index in [1.165, 1.54) is 38.9 Å². The first-order chi connectivity index (χ1) is 9.55. The minimum absolute atomic E-state index is 0.0789. The first kappa shape index (κ1) is 13.1. The molecule has 0 bridgehead atoms. The zero-order valence-electron chi connectivity index (χ0n) is 11.3. The molecule has 0 amide bonds. The average molecular weight is 280 g/mol. The molecule has 20 heavy (non-hydrogen) atoms. The number of hydrogen-bond acceptors (Lipinski definition) is 4. The van der Waals surface area contributed by atoms with Crippen molar-refractivity contribution in [2.45, 2.75) is 25.7 Å². The second-order valence-corrected chi connectivity index (χ2v) is 5.75. The molecule has 6 heteroatoms. The first-order valence-electron chi connectivity index (χ1n) is 6.81. The Morgan fingerprint density at radius 1 is 1.50 bits per heavy atom. The van der Waals surface area contributed by atoms with E-state index in [-0.39, 0.29) is 17.1 Å². The van der Waals surface area contributed by atoms with E-state index in [0.29, 0.717) is 5.41 Å². The standard InChI is InChI=1S/C14H17FN2O3/c1-20-13-7-11(10(15)6-12(13)17(18)19)16-8-14(4-5-14)9-2-3-9/h6-7,9,16H,2-5,8H2,1H3. The van der Waals surface area contributed by atoms with E-state index in [4.69, 9.17) is 4.74 Å². The number of nitro benzene ring substituents is 1. The Morgan fingerprint density at radius 2 is 2.20 bits per heavy atom. The van der Waals surface area contributed by atoms with Crippen molar-refractivity contribution in [1.29, 1.82) is 0 Å². The van der Waals surface area contributed by atoms with Crippen LogP contribution in [0.4, 0.5) is 15.8 Å². The summed E-state index contributed by atoms with van der Waals surface area (Å²) < 4.78 is 18.9. The van der Waals surface area contributed by atoms with Crippen molar-refractivity contribution >= 4 is 11.4 Å². The van der Waals surface area contributed by atoms with Crippen LogP contribution in [-0.2, 0) is 0 Å². The predicted molar refractivity (Wildman–Crippen MR) is 72.5 cm³/mol. The van der Waals surface area contributed by atoms with Gasteiger partial charge in [-0.05, 0) is 37.0 Å². The molecule has 0 heterocycles. The van der Waals surface area contributed by atoms with Gasteiger partial charge in [0.2, 0.25) is 0 Å². The van der Waals surface area contributed by atoms with E-state index in [1.54, 1.807) is 0 Å². The lowest BCUT2D eigenvalue weighted by Crippen LogP contribution is -2.18. The molecule has 0 aliphatic heterocycles. The number of halogens is 1. The molecule has 1 aromatic rings. The van der Waals surface area contributed by atoms with Crippen molar-refractivity contribution in [3.63, 3.8) is 0 Å². The summed E-state index contributed by atoms with van der Waals surface area (Å²) in [5, 5.41) is 13.9. The van der Waals surface area contributed by atoms with Crippen LogP contribution in [0.2, 0.25) is 0 Å². The SMILES string of the molecule is COc1cc(NCC2(C3CC3)CC2)c(F)cc1[N+](=O)[O-]. The lowest BCUT2D eigenvalue weighted by atomic mass is 10.0. The third kappa shape index (κ3) is 2.30. The Morgan fingerprint density at radius 3 is 2.70 bits per heavy atom. The van der Waals surface area contributed by atoms with Gasteiger partial charge in [-0.15, -0.1) is 0 Å². The summed E-state index contributed by atoms with van der Waals surface area (Å²) in [5.41, 5.74) is 0.264. The molecule has 0 saturated heterocycles. The summed E-state index contributed by atoms with van der Waals surface area (Å²) in [6.45, 7) is 0.732. The molecule has 2 fully saturated rings. The Bertz CT molecular complexity index is 554. The fraction of sp³-hybridized carbons (Fsp3) is 0.571. The molecular weight excluding hydrogens is 263 g/mol. The monoisotopic (exact) mass is 280 g/mol. The van der Waals surface area contributed by atoms with E-state index in [1.807, 2.05) is 0 Å². The number of methoxy groups -OCH3 is 1. The van der Waals surface area contributed by atoms with E-state index >= 15 is 0 Å². The zero-order valence-corrected chi connectivity index (χ0v) is 11.3. The topological polar surface area (TPSA) is 64.4 Å². The highest BCUT2D eigenvalue weighted by Gasteiger charge is 2.53. The van der Waals surface area contributed by atoms with Crippen LogP contribution >= 0.6 is 0 Å². The van der Waals surface area contributed by atoms with Gasteiger partial charge < -0.3 is 10.1 Å². The van der Waals surface area contributed by atoms with Gasteiger partial charge in [0.05, 0.1) is 23.8 Å². The largest absolute Gasteiger partial charge is 0.490 e. The lowest BCUT2D eigenvalue weighted by molar-refractivity contribution is -0.385. The smallest absolute Gasteiger partial charge is 0.313 e. The molecule has 108 valence electrons.